The van der Waals surface area contributed by atoms with Crippen LogP contribution in [-0.2, 0) is 4.74 Å². The van der Waals surface area contributed by atoms with Gasteiger partial charge in [-0.2, -0.15) is 0 Å². The minimum Gasteiger partial charge on any atom is -0.381 e. The van der Waals surface area contributed by atoms with E-state index in [-0.39, 0.29) is 0 Å². The molecule has 1 saturated heterocycles. The fourth-order valence-corrected chi connectivity index (χ4v) is 1.83. The SMILES string of the molecule is NC[C@@]12CCOC[C@@H]1C2. The Kier molecular flexibility index (Phi) is 1.08. The first-order chi connectivity index (χ1) is 4.37. The molecular weight excluding hydrogens is 114 g/mol. The molecule has 2 rings (SSSR count). The van der Waals surface area contributed by atoms with Gasteiger partial charge in [-0.25, -0.2) is 0 Å². The largest absolute Gasteiger partial charge is 0.381 e. The maximum Gasteiger partial charge on any atom is 0.0500 e. The lowest BCUT2D eigenvalue weighted by atomic mass is 9.99. The number of hydrogen-bond acceptors (Lipinski definition) is 2. The first kappa shape index (κ1) is 5.69. The molecule has 2 heteroatoms. The maximum atomic E-state index is 5.62. The van der Waals surface area contributed by atoms with E-state index < -0.39 is 0 Å². The van der Waals surface area contributed by atoms with Crippen LogP contribution in [0.1, 0.15) is 12.8 Å². The molecule has 0 spiro atoms. The van der Waals surface area contributed by atoms with Crippen LogP contribution in [0.15, 0.2) is 0 Å². The van der Waals surface area contributed by atoms with Crippen molar-refractivity contribution in [3.05, 3.63) is 0 Å². The van der Waals surface area contributed by atoms with Gasteiger partial charge in [0.1, 0.15) is 0 Å². The normalized spacial score (nSPS) is 48.3. The highest BCUT2D eigenvalue weighted by Crippen LogP contribution is 2.56. The number of ether oxygens (including phenoxy) is 1. The van der Waals surface area contributed by atoms with E-state index in [1.54, 1.807) is 0 Å². The average Bonchev–Trinajstić information content (AvgIpc) is 2.62. The molecule has 9 heavy (non-hydrogen) atoms. The molecule has 2 N–H and O–H groups in total. The smallest absolute Gasteiger partial charge is 0.0500 e. The summed E-state index contributed by atoms with van der Waals surface area (Å²) in [6, 6.07) is 0. The molecule has 0 aromatic carbocycles. The van der Waals surface area contributed by atoms with E-state index in [4.69, 9.17) is 10.5 Å². The van der Waals surface area contributed by atoms with E-state index in [0.29, 0.717) is 5.41 Å². The minimum absolute atomic E-state index is 0.540. The lowest BCUT2D eigenvalue weighted by Gasteiger charge is -2.19. The Labute approximate surface area is 55.4 Å². The van der Waals surface area contributed by atoms with Gasteiger partial charge in [-0.1, -0.05) is 0 Å². The molecule has 1 heterocycles. The highest BCUT2D eigenvalue weighted by molar-refractivity contribution is 5.04. The van der Waals surface area contributed by atoms with Crippen LogP contribution in [0.5, 0.6) is 0 Å². The van der Waals surface area contributed by atoms with Gasteiger partial charge in [0, 0.05) is 13.2 Å². The third-order valence-electron chi connectivity index (χ3n) is 2.83. The van der Waals surface area contributed by atoms with Crippen LogP contribution < -0.4 is 5.73 Å². The predicted octanol–water partition coefficient (Wildman–Crippen LogP) is 0.372. The fourth-order valence-electron chi connectivity index (χ4n) is 1.83. The molecule has 0 amide bonds. The Morgan fingerprint density at radius 1 is 1.67 bits per heavy atom. The summed E-state index contributed by atoms with van der Waals surface area (Å²) < 4.78 is 5.29. The topological polar surface area (TPSA) is 35.2 Å². The lowest BCUT2D eigenvalue weighted by molar-refractivity contribution is 0.0639. The second-order valence-corrected chi connectivity index (χ2v) is 3.29. The standard InChI is InChI=1S/C7H13NO/c8-5-7-1-2-9-4-6(7)3-7/h6H,1-5,8H2/t6-,7-/m0/s1. The third kappa shape index (κ3) is 0.700. The molecule has 0 unspecified atom stereocenters. The van der Waals surface area contributed by atoms with Crippen LogP contribution >= 0.6 is 0 Å². The van der Waals surface area contributed by atoms with Gasteiger partial charge in [-0.15, -0.1) is 0 Å². The molecule has 52 valence electrons. The summed E-state index contributed by atoms with van der Waals surface area (Å²) in [6.45, 7) is 2.78. The van der Waals surface area contributed by atoms with E-state index in [1.807, 2.05) is 0 Å². The first-order valence-electron chi connectivity index (χ1n) is 3.65. The quantitative estimate of drug-likeness (QED) is 0.552. The summed E-state index contributed by atoms with van der Waals surface area (Å²) in [5.41, 5.74) is 6.16. The summed E-state index contributed by atoms with van der Waals surface area (Å²) in [5.74, 6) is 0.816. The minimum atomic E-state index is 0.540. The summed E-state index contributed by atoms with van der Waals surface area (Å²) in [4.78, 5) is 0. The van der Waals surface area contributed by atoms with Crippen molar-refractivity contribution in [3.8, 4) is 0 Å². The highest BCUT2D eigenvalue weighted by Gasteiger charge is 2.54. The Morgan fingerprint density at radius 3 is 3.11 bits per heavy atom. The molecule has 0 radical (unpaired) electrons. The summed E-state index contributed by atoms with van der Waals surface area (Å²) in [7, 11) is 0. The van der Waals surface area contributed by atoms with Crippen LogP contribution in [0.3, 0.4) is 0 Å². The van der Waals surface area contributed by atoms with Gasteiger partial charge >= 0.3 is 0 Å². The molecule has 0 aromatic rings. The maximum absolute atomic E-state index is 5.62. The van der Waals surface area contributed by atoms with Crippen molar-refractivity contribution in [2.75, 3.05) is 19.8 Å². The van der Waals surface area contributed by atoms with Gasteiger partial charge in [0.25, 0.3) is 0 Å². The fraction of sp³-hybridized carbons (Fsp3) is 1.00. The second-order valence-electron chi connectivity index (χ2n) is 3.29. The number of fused-ring (bicyclic) bond motifs is 1. The molecule has 1 aliphatic carbocycles. The van der Waals surface area contributed by atoms with Gasteiger partial charge in [-0.3, -0.25) is 0 Å². The van der Waals surface area contributed by atoms with E-state index >= 15 is 0 Å². The molecule has 2 atom stereocenters. The van der Waals surface area contributed by atoms with E-state index in [0.717, 1.165) is 25.7 Å². The van der Waals surface area contributed by atoms with E-state index in [2.05, 4.69) is 0 Å². The molecule has 0 bridgehead atoms. The summed E-state index contributed by atoms with van der Waals surface area (Å²) in [6.07, 6.45) is 2.53. The lowest BCUT2D eigenvalue weighted by Crippen LogP contribution is -2.25. The van der Waals surface area contributed by atoms with Crippen molar-refractivity contribution in [2.45, 2.75) is 12.8 Å². The molecule has 1 aliphatic heterocycles. The Hall–Kier alpha value is -0.0800. The second kappa shape index (κ2) is 1.70. The zero-order chi connectivity index (χ0) is 6.32. The third-order valence-corrected chi connectivity index (χ3v) is 2.83. The first-order valence-corrected chi connectivity index (χ1v) is 3.65. The Balaban J connectivity index is 2.01. The van der Waals surface area contributed by atoms with Gasteiger partial charge in [0.15, 0.2) is 0 Å². The molecular formula is C7H13NO. The average molecular weight is 127 g/mol. The molecule has 2 aliphatic rings. The summed E-state index contributed by atoms with van der Waals surface area (Å²) >= 11 is 0. The van der Waals surface area contributed by atoms with Crippen molar-refractivity contribution in [1.29, 1.82) is 0 Å². The van der Waals surface area contributed by atoms with Crippen molar-refractivity contribution in [3.63, 3.8) is 0 Å². The van der Waals surface area contributed by atoms with Crippen LogP contribution in [0.4, 0.5) is 0 Å². The number of hydrogen-bond donors (Lipinski definition) is 1. The Morgan fingerprint density at radius 2 is 2.56 bits per heavy atom. The van der Waals surface area contributed by atoms with Gasteiger partial charge in [-0.05, 0) is 30.7 Å². The molecule has 1 saturated carbocycles. The van der Waals surface area contributed by atoms with Gasteiger partial charge < -0.3 is 10.5 Å². The van der Waals surface area contributed by atoms with Gasteiger partial charge in [0.05, 0.1) is 0 Å². The van der Waals surface area contributed by atoms with E-state index in [9.17, 15) is 0 Å². The molecule has 0 aromatic heterocycles. The zero-order valence-corrected chi connectivity index (χ0v) is 5.60. The van der Waals surface area contributed by atoms with Crippen molar-refractivity contribution >= 4 is 0 Å². The van der Waals surface area contributed by atoms with E-state index in [1.165, 1.54) is 12.8 Å². The van der Waals surface area contributed by atoms with Crippen LogP contribution in [0.25, 0.3) is 0 Å². The monoisotopic (exact) mass is 127 g/mol. The van der Waals surface area contributed by atoms with Crippen molar-refractivity contribution < 1.29 is 4.74 Å². The van der Waals surface area contributed by atoms with Crippen molar-refractivity contribution in [2.24, 2.45) is 17.1 Å². The Bertz CT molecular complexity index is 126. The molecule has 2 fully saturated rings. The number of nitrogens with two attached hydrogens (primary N) is 1. The van der Waals surface area contributed by atoms with Crippen LogP contribution in [0.2, 0.25) is 0 Å². The van der Waals surface area contributed by atoms with Crippen LogP contribution in [-0.4, -0.2) is 19.8 Å². The number of rotatable bonds is 1. The van der Waals surface area contributed by atoms with Gasteiger partial charge in [0.2, 0.25) is 0 Å². The van der Waals surface area contributed by atoms with Crippen LogP contribution in [0, 0.1) is 11.3 Å². The van der Waals surface area contributed by atoms with Crippen molar-refractivity contribution in [1.82, 2.24) is 0 Å². The highest BCUT2D eigenvalue weighted by atomic mass is 16.5. The molecule has 2 nitrogen and oxygen atoms in total. The summed E-state index contributed by atoms with van der Waals surface area (Å²) in [5, 5.41) is 0. The zero-order valence-electron chi connectivity index (χ0n) is 5.60. The predicted molar refractivity (Wildman–Crippen MR) is 35.0 cm³/mol.